The van der Waals surface area contributed by atoms with Gasteiger partial charge in [0.25, 0.3) is 0 Å². The quantitative estimate of drug-likeness (QED) is 0.725. The normalized spacial score (nSPS) is 10.5. The molecule has 0 fully saturated rings. The number of hydrogen-bond acceptors (Lipinski definition) is 4. The predicted octanol–water partition coefficient (Wildman–Crippen LogP) is 3.79. The molecule has 5 heteroatoms. The summed E-state index contributed by atoms with van der Waals surface area (Å²) in [5.74, 6) is -0.804. The van der Waals surface area contributed by atoms with Gasteiger partial charge in [0.1, 0.15) is 11.3 Å². The summed E-state index contributed by atoms with van der Waals surface area (Å²) in [6.45, 7) is 1.95. The van der Waals surface area contributed by atoms with Gasteiger partial charge in [-0.3, -0.25) is 4.79 Å². The minimum atomic E-state index is -0.594. The van der Waals surface area contributed by atoms with Crippen LogP contribution in [0.15, 0.2) is 59.0 Å². The van der Waals surface area contributed by atoms with Crippen LogP contribution >= 0.6 is 0 Å². The second-order valence-electron chi connectivity index (χ2n) is 5.23. The molecule has 2 aromatic carbocycles. The Labute approximate surface area is 139 Å². The van der Waals surface area contributed by atoms with E-state index in [0.717, 1.165) is 5.56 Å². The molecular formula is C19H17NO4. The van der Waals surface area contributed by atoms with Crippen molar-refractivity contribution in [3.05, 3.63) is 65.9 Å². The maximum atomic E-state index is 12.4. The predicted molar refractivity (Wildman–Crippen MR) is 90.9 cm³/mol. The van der Waals surface area contributed by atoms with Crippen molar-refractivity contribution in [2.75, 3.05) is 11.9 Å². The highest BCUT2D eigenvalue weighted by Gasteiger charge is 2.23. The zero-order valence-electron chi connectivity index (χ0n) is 13.2. The summed E-state index contributed by atoms with van der Waals surface area (Å²) >= 11 is 0. The summed E-state index contributed by atoms with van der Waals surface area (Å²) in [4.78, 5) is 24.5. The number of ether oxygens (including phenoxy) is 1. The van der Waals surface area contributed by atoms with Gasteiger partial charge < -0.3 is 14.5 Å². The van der Waals surface area contributed by atoms with Gasteiger partial charge in [-0.25, -0.2) is 4.79 Å². The van der Waals surface area contributed by atoms with Crippen LogP contribution in [-0.4, -0.2) is 18.5 Å². The van der Waals surface area contributed by atoms with E-state index in [1.807, 2.05) is 36.4 Å². The molecule has 0 spiro atoms. The Morgan fingerprint density at radius 3 is 2.50 bits per heavy atom. The van der Waals surface area contributed by atoms with E-state index in [-0.39, 0.29) is 24.7 Å². The lowest BCUT2D eigenvalue weighted by atomic mass is 10.1. The fourth-order valence-electron chi connectivity index (χ4n) is 2.47. The lowest BCUT2D eigenvalue weighted by Gasteiger charge is -2.06. The van der Waals surface area contributed by atoms with E-state index in [4.69, 9.17) is 9.15 Å². The molecule has 0 unspecified atom stereocenters. The van der Waals surface area contributed by atoms with Gasteiger partial charge in [-0.05, 0) is 24.6 Å². The fraction of sp³-hybridized carbons (Fsp3) is 0.158. The van der Waals surface area contributed by atoms with Gasteiger partial charge in [0.2, 0.25) is 11.7 Å². The molecule has 0 aliphatic heterocycles. The molecule has 3 aromatic rings. The van der Waals surface area contributed by atoms with Crippen LogP contribution in [0.1, 0.15) is 23.0 Å². The summed E-state index contributed by atoms with van der Waals surface area (Å²) in [6, 6.07) is 16.5. The van der Waals surface area contributed by atoms with Crippen molar-refractivity contribution in [3.63, 3.8) is 0 Å². The molecule has 0 aliphatic carbocycles. The fourth-order valence-corrected chi connectivity index (χ4v) is 2.47. The van der Waals surface area contributed by atoms with Crippen molar-refractivity contribution >= 4 is 28.5 Å². The number of hydrogen-bond donors (Lipinski definition) is 1. The van der Waals surface area contributed by atoms with Crippen molar-refractivity contribution < 1.29 is 18.7 Å². The third kappa shape index (κ3) is 3.30. The summed E-state index contributed by atoms with van der Waals surface area (Å²) in [7, 11) is 0. The molecule has 0 saturated carbocycles. The lowest BCUT2D eigenvalue weighted by molar-refractivity contribution is -0.115. The van der Waals surface area contributed by atoms with E-state index in [1.54, 1.807) is 25.1 Å². The van der Waals surface area contributed by atoms with Gasteiger partial charge in [-0.1, -0.05) is 42.5 Å². The van der Waals surface area contributed by atoms with Crippen LogP contribution in [0.4, 0.5) is 5.69 Å². The number of carbonyl (C=O) groups excluding carboxylic acids is 2. The molecule has 0 saturated heterocycles. The second-order valence-corrected chi connectivity index (χ2v) is 5.23. The largest absolute Gasteiger partial charge is 0.460 e. The minimum absolute atomic E-state index is 0.0134. The van der Waals surface area contributed by atoms with Gasteiger partial charge >= 0.3 is 5.97 Å². The van der Waals surface area contributed by atoms with Gasteiger partial charge in [-0.15, -0.1) is 0 Å². The minimum Gasteiger partial charge on any atom is -0.460 e. The zero-order chi connectivity index (χ0) is 16.9. The van der Waals surface area contributed by atoms with Crippen LogP contribution in [0.5, 0.6) is 0 Å². The summed E-state index contributed by atoms with van der Waals surface area (Å²) in [5.41, 5.74) is 1.76. The molecule has 3 rings (SSSR count). The van der Waals surface area contributed by atoms with Gasteiger partial charge in [0.05, 0.1) is 13.0 Å². The Morgan fingerprint density at radius 1 is 1.04 bits per heavy atom. The first-order valence-electron chi connectivity index (χ1n) is 7.71. The highest BCUT2D eigenvalue weighted by molar-refractivity contribution is 6.09. The first-order valence-corrected chi connectivity index (χ1v) is 7.71. The Hall–Kier alpha value is -3.08. The molecule has 122 valence electrons. The van der Waals surface area contributed by atoms with Crippen LogP contribution in [0.2, 0.25) is 0 Å². The number of amides is 1. The molecule has 5 nitrogen and oxygen atoms in total. The van der Waals surface area contributed by atoms with E-state index in [1.165, 1.54) is 0 Å². The van der Waals surface area contributed by atoms with E-state index in [9.17, 15) is 9.59 Å². The Balaban J connectivity index is 1.90. The number of anilines is 1. The number of nitrogens with one attached hydrogen (secondary N) is 1. The van der Waals surface area contributed by atoms with Gasteiger partial charge in [0, 0.05) is 5.39 Å². The van der Waals surface area contributed by atoms with Crippen molar-refractivity contribution in [3.8, 4) is 0 Å². The Kier molecular flexibility index (Phi) is 4.61. The summed E-state index contributed by atoms with van der Waals surface area (Å²) < 4.78 is 10.6. The molecule has 0 bridgehead atoms. The zero-order valence-corrected chi connectivity index (χ0v) is 13.2. The van der Waals surface area contributed by atoms with Gasteiger partial charge in [-0.2, -0.15) is 0 Å². The number of fused-ring (bicyclic) bond motifs is 1. The Bertz CT molecular complexity index is 867. The molecular weight excluding hydrogens is 306 g/mol. The van der Waals surface area contributed by atoms with Crippen molar-refractivity contribution in [2.24, 2.45) is 0 Å². The molecule has 1 heterocycles. The van der Waals surface area contributed by atoms with Crippen molar-refractivity contribution in [1.29, 1.82) is 0 Å². The molecule has 0 radical (unpaired) electrons. The molecule has 1 aromatic heterocycles. The van der Waals surface area contributed by atoms with Crippen molar-refractivity contribution in [2.45, 2.75) is 13.3 Å². The van der Waals surface area contributed by atoms with Crippen LogP contribution in [-0.2, 0) is 16.0 Å². The Morgan fingerprint density at radius 2 is 1.75 bits per heavy atom. The van der Waals surface area contributed by atoms with Crippen LogP contribution in [0.25, 0.3) is 11.0 Å². The molecule has 1 N–H and O–H groups in total. The van der Waals surface area contributed by atoms with E-state index >= 15 is 0 Å². The summed E-state index contributed by atoms with van der Waals surface area (Å²) in [6.07, 6.45) is 0.211. The lowest BCUT2D eigenvalue weighted by Crippen LogP contribution is -2.16. The molecule has 1 amide bonds. The highest BCUT2D eigenvalue weighted by Crippen LogP contribution is 2.31. The first kappa shape index (κ1) is 15.8. The smallest absolute Gasteiger partial charge is 0.376 e. The number of benzene rings is 2. The standard InChI is InChI=1S/C19H17NO4/c1-2-23-19(22)18-17(14-10-6-7-11-15(14)24-18)20-16(21)12-13-8-4-3-5-9-13/h3-11H,2,12H2,1H3,(H,20,21). The summed E-state index contributed by atoms with van der Waals surface area (Å²) in [5, 5.41) is 3.46. The van der Waals surface area contributed by atoms with Crippen LogP contribution in [0, 0.1) is 0 Å². The highest BCUT2D eigenvalue weighted by atomic mass is 16.5. The number of esters is 1. The number of rotatable bonds is 5. The van der Waals surface area contributed by atoms with Gasteiger partial charge in [0.15, 0.2) is 0 Å². The first-order chi connectivity index (χ1) is 11.7. The maximum absolute atomic E-state index is 12.4. The van der Waals surface area contributed by atoms with E-state index in [0.29, 0.717) is 16.7 Å². The molecule has 0 atom stereocenters. The topological polar surface area (TPSA) is 68.5 Å². The van der Waals surface area contributed by atoms with Crippen LogP contribution < -0.4 is 5.32 Å². The third-order valence-corrected chi connectivity index (χ3v) is 3.53. The van der Waals surface area contributed by atoms with Crippen molar-refractivity contribution in [1.82, 2.24) is 0 Å². The second kappa shape index (κ2) is 7.00. The number of furan rings is 1. The third-order valence-electron chi connectivity index (χ3n) is 3.53. The van der Waals surface area contributed by atoms with Crippen LogP contribution in [0.3, 0.4) is 0 Å². The van der Waals surface area contributed by atoms with E-state index < -0.39 is 5.97 Å². The molecule has 0 aliphatic rings. The molecule has 24 heavy (non-hydrogen) atoms. The SMILES string of the molecule is CCOC(=O)c1oc2ccccc2c1NC(=O)Cc1ccccc1. The number of para-hydroxylation sites is 1. The monoisotopic (exact) mass is 323 g/mol. The number of carbonyl (C=O) groups is 2. The average molecular weight is 323 g/mol. The maximum Gasteiger partial charge on any atom is 0.376 e. The van der Waals surface area contributed by atoms with E-state index in [2.05, 4.69) is 5.32 Å². The average Bonchev–Trinajstić information content (AvgIpc) is 2.95.